The zero-order valence-electron chi connectivity index (χ0n) is 20.4. The largest absolute Gasteiger partial charge is 0.462 e. The van der Waals surface area contributed by atoms with E-state index in [0.29, 0.717) is 9.10 Å². The lowest BCUT2D eigenvalue weighted by Gasteiger charge is -2.46. The lowest BCUT2D eigenvalue weighted by Crippen LogP contribution is -2.57. The van der Waals surface area contributed by atoms with Gasteiger partial charge in [-0.05, 0) is 40.2 Å². The second-order valence-electron chi connectivity index (χ2n) is 8.65. The van der Waals surface area contributed by atoms with E-state index in [2.05, 4.69) is 0 Å². The highest BCUT2D eigenvalue weighted by molar-refractivity contribution is 8.29. The molecule has 1 aromatic rings. The number of thiocarbonyl (C=S) groups is 1. The molecule has 0 saturated heterocycles. The molecule has 2 aliphatic heterocycles. The SMILES string of the molecule is CCOC(=O)C1=C(C(=O)OCC)SC(=C2C(=S)C(C)(C)N(C(=O)C(C)C)c3c(C)cccc32)S1. The highest BCUT2D eigenvalue weighted by atomic mass is 32.2. The van der Waals surface area contributed by atoms with E-state index in [4.69, 9.17) is 21.7 Å². The van der Waals surface area contributed by atoms with Crippen LogP contribution in [-0.2, 0) is 23.9 Å². The van der Waals surface area contributed by atoms with Crippen molar-refractivity contribution in [3.63, 3.8) is 0 Å². The summed E-state index contributed by atoms with van der Waals surface area (Å²) in [5.41, 5.74) is 2.50. The summed E-state index contributed by atoms with van der Waals surface area (Å²) >= 11 is 8.33. The molecule has 3 rings (SSSR count). The molecule has 34 heavy (non-hydrogen) atoms. The Morgan fingerprint density at radius 1 is 1.03 bits per heavy atom. The van der Waals surface area contributed by atoms with E-state index in [1.54, 1.807) is 18.7 Å². The molecule has 0 fully saturated rings. The van der Waals surface area contributed by atoms with Crippen molar-refractivity contribution < 1.29 is 23.9 Å². The molecule has 0 spiro atoms. The molecule has 1 aromatic carbocycles. The summed E-state index contributed by atoms with van der Waals surface area (Å²) in [4.78, 5) is 41.5. The number of thioether (sulfide) groups is 2. The maximum Gasteiger partial charge on any atom is 0.346 e. The summed E-state index contributed by atoms with van der Waals surface area (Å²) in [6.45, 7) is 13.4. The van der Waals surface area contributed by atoms with Crippen molar-refractivity contribution in [1.82, 2.24) is 0 Å². The van der Waals surface area contributed by atoms with Gasteiger partial charge in [0.1, 0.15) is 9.81 Å². The summed E-state index contributed by atoms with van der Waals surface area (Å²) < 4.78 is 11.1. The van der Waals surface area contributed by atoms with Crippen LogP contribution in [0.15, 0.2) is 32.2 Å². The molecule has 0 saturated carbocycles. The van der Waals surface area contributed by atoms with E-state index in [1.807, 2.05) is 52.8 Å². The number of fused-ring (bicyclic) bond motifs is 1. The van der Waals surface area contributed by atoms with Gasteiger partial charge in [0.05, 0.1) is 33.5 Å². The third-order valence-electron chi connectivity index (χ3n) is 5.51. The van der Waals surface area contributed by atoms with Crippen LogP contribution in [0.1, 0.15) is 52.7 Å². The van der Waals surface area contributed by atoms with Gasteiger partial charge in [0.25, 0.3) is 0 Å². The Hall–Kier alpha value is -2.10. The molecule has 6 nitrogen and oxygen atoms in total. The number of aryl methyl sites for hydroxylation is 1. The van der Waals surface area contributed by atoms with Crippen molar-refractivity contribution in [2.45, 2.75) is 54.0 Å². The molecule has 0 bridgehead atoms. The number of carbonyl (C=O) groups excluding carboxylic acids is 3. The van der Waals surface area contributed by atoms with E-state index < -0.39 is 17.5 Å². The average Bonchev–Trinajstić information content (AvgIpc) is 3.20. The fraction of sp³-hybridized carbons (Fsp3) is 0.440. The van der Waals surface area contributed by atoms with Gasteiger partial charge in [-0.25, -0.2) is 9.59 Å². The lowest BCUT2D eigenvalue weighted by molar-refractivity contribution is -0.140. The first-order chi connectivity index (χ1) is 16.0. The fourth-order valence-electron chi connectivity index (χ4n) is 3.88. The van der Waals surface area contributed by atoms with Gasteiger partial charge in [0.2, 0.25) is 5.91 Å². The standard InChI is InChI=1S/C25H29NO5S3/c1-8-30-22(28)18-19(23(29)31-9-2)34-24(33-18)16-15-12-10-11-14(5)17(15)26(21(27)13(3)4)25(6,7)20(16)32/h10-13H,8-9H2,1-7H3. The van der Waals surface area contributed by atoms with E-state index in [0.717, 1.165) is 22.4 Å². The molecule has 2 heterocycles. The second-order valence-corrected chi connectivity index (χ2v) is 11.4. The number of nitrogens with zero attached hydrogens (tertiary/aromatic N) is 1. The third kappa shape index (κ3) is 4.57. The molecule has 0 aliphatic carbocycles. The smallest absolute Gasteiger partial charge is 0.346 e. The number of carbonyl (C=O) groups is 3. The fourth-order valence-corrected chi connectivity index (χ4v) is 6.86. The molecule has 0 aromatic heterocycles. The minimum absolute atomic E-state index is 0.0174. The van der Waals surface area contributed by atoms with Crippen LogP contribution in [0.25, 0.3) is 5.57 Å². The molecule has 182 valence electrons. The summed E-state index contributed by atoms with van der Waals surface area (Å²) in [7, 11) is 0. The molecule has 0 radical (unpaired) electrons. The molecule has 0 unspecified atom stereocenters. The Bertz CT molecular complexity index is 1100. The highest BCUT2D eigenvalue weighted by Gasteiger charge is 2.47. The Morgan fingerprint density at radius 2 is 1.56 bits per heavy atom. The van der Waals surface area contributed by atoms with Crippen molar-refractivity contribution in [3.05, 3.63) is 43.4 Å². The number of para-hydroxylation sites is 1. The van der Waals surface area contributed by atoms with Gasteiger partial charge in [-0.2, -0.15) is 0 Å². The number of esters is 2. The van der Waals surface area contributed by atoms with Crippen molar-refractivity contribution >= 4 is 69.7 Å². The number of ether oxygens (including phenoxy) is 2. The van der Waals surface area contributed by atoms with Crippen LogP contribution in [-0.4, -0.2) is 41.5 Å². The maximum absolute atomic E-state index is 13.3. The molecule has 1 amide bonds. The minimum Gasteiger partial charge on any atom is -0.462 e. The first kappa shape index (κ1) is 26.5. The van der Waals surface area contributed by atoms with E-state index in [-0.39, 0.29) is 34.8 Å². The Balaban J connectivity index is 2.24. The zero-order valence-corrected chi connectivity index (χ0v) is 22.9. The number of rotatable bonds is 5. The number of hydrogen-bond donors (Lipinski definition) is 0. The van der Waals surface area contributed by atoms with Crippen molar-refractivity contribution in [2.75, 3.05) is 18.1 Å². The number of anilines is 1. The van der Waals surface area contributed by atoms with Crippen LogP contribution in [0.5, 0.6) is 0 Å². The first-order valence-corrected chi connectivity index (χ1v) is 13.2. The Kier molecular flexibility index (Phi) is 7.99. The van der Waals surface area contributed by atoms with Crippen LogP contribution in [0.2, 0.25) is 0 Å². The minimum atomic E-state index is -0.796. The van der Waals surface area contributed by atoms with Crippen LogP contribution < -0.4 is 4.90 Å². The summed E-state index contributed by atoms with van der Waals surface area (Å²) in [5.74, 6) is -1.37. The maximum atomic E-state index is 13.3. The van der Waals surface area contributed by atoms with Crippen LogP contribution >= 0.6 is 35.7 Å². The van der Waals surface area contributed by atoms with Gasteiger partial charge in [-0.3, -0.25) is 4.79 Å². The highest BCUT2D eigenvalue weighted by Crippen LogP contribution is 2.56. The molecule has 9 heteroatoms. The quantitative estimate of drug-likeness (QED) is 0.281. The topological polar surface area (TPSA) is 72.9 Å². The Labute approximate surface area is 214 Å². The monoisotopic (exact) mass is 519 g/mol. The van der Waals surface area contributed by atoms with Gasteiger partial charge in [0.15, 0.2) is 0 Å². The number of amides is 1. The van der Waals surface area contributed by atoms with Gasteiger partial charge in [-0.15, -0.1) is 0 Å². The summed E-state index contributed by atoms with van der Waals surface area (Å²) in [6, 6.07) is 5.82. The van der Waals surface area contributed by atoms with Gasteiger partial charge >= 0.3 is 11.9 Å². The van der Waals surface area contributed by atoms with E-state index in [9.17, 15) is 14.4 Å². The first-order valence-electron chi connectivity index (χ1n) is 11.1. The predicted octanol–water partition coefficient (Wildman–Crippen LogP) is 5.63. The van der Waals surface area contributed by atoms with Crippen molar-refractivity contribution in [1.29, 1.82) is 0 Å². The van der Waals surface area contributed by atoms with Crippen molar-refractivity contribution in [3.8, 4) is 0 Å². The van der Waals surface area contributed by atoms with Gasteiger partial charge in [0, 0.05) is 17.1 Å². The van der Waals surface area contributed by atoms with Crippen molar-refractivity contribution in [2.24, 2.45) is 5.92 Å². The molecule has 0 atom stereocenters. The third-order valence-corrected chi connectivity index (χ3v) is 8.77. The molecule has 0 N–H and O–H groups in total. The molecular formula is C25H29NO5S3. The van der Waals surface area contributed by atoms with Crippen LogP contribution in [0.4, 0.5) is 5.69 Å². The summed E-state index contributed by atoms with van der Waals surface area (Å²) in [6.07, 6.45) is 0. The Morgan fingerprint density at radius 3 is 2.03 bits per heavy atom. The number of hydrogen-bond acceptors (Lipinski definition) is 8. The molecule has 2 aliphatic rings. The summed E-state index contributed by atoms with van der Waals surface area (Å²) in [5, 5.41) is 0. The van der Waals surface area contributed by atoms with Gasteiger partial charge in [-0.1, -0.05) is 67.8 Å². The number of benzene rings is 1. The molecular weight excluding hydrogens is 490 g/mol. The lowest BCUT2D eigenvalue weighted by atomic mass is 9.81. The van der Waals surface area contributed by atoms with E-state index in [1.165, 1.54) is 23.5 Å². The second kappa shape index (κ2) is 10.3. The van der Waals surface area contributed by atoms with Gasteiger partial charge < -0.3 is 14.4 Å². The van der Waals surface area contributed by atoms with Crippen LogP contribution in [0, 0.1) is 12.8 Å². The van der Waals surface area contributed by atoms with E-state index >= 15 is 0 Å². The average molecular weight is 520 g/mol. The normalized spacial score (nSPS) is 17.3. The predicted molar refractivity (Wildman–Crippen MR) is 143 cm³/mol. The zero-order chi connectivity index (χ0) is 25.4. The van der Waals surface area contributed by atoms with Crippen LogP contribution in [0.3, 0.4) is 0 Å².